The highest BCUT2D eigenvalue weighted by Crippen LogP contribution is 2.33. The summed E-state index contributed by atoms with van der Waals surface area (Å²) < 4.78 is 0. The number of benzene rings is 1. The van der Waals surface area contributed by atoms with Gasteiger partial charge in [-0.3, -0.25) is 4.79 Å². The largest absolute Gasteiger partial charge is 0.398 e. The molecule has 0 fully saturated rings. The summed E-state index contributed by atoms with van der Waals surface area (Å²) in [5.74, 6) is -0.130. The number of amides is 1. The number of thiazole rings is 1. The molecule has 1 aromatic carbocycles. The fraction of sp³-hybridized carbons (Fsp3) is 0.0526. The number of halogens is 1. The standard InChI is InChI=1S/C19H15ClN6OS/c20-7-17-25-16(9-28-17)19(27)26-15-6-10(5-14(22)13(15)8-21)11-1-3-23-18-12(11)2-4-24-18/h1-6,8-9,21H,7,22H2,(H,23,24)(H,26,27). The Bertz CT molecular complexity index is 1200. The van der Waals surface area contributed by atoms with Crippen molar-refractivity contribution < 1.29 is 4.79 Å². The molecule has 0 aliphatic rings. The van der Waals surface area contributed by atoms with Crippen molar-refractivity contribution in [1.29, 1.82) is 5.41 Å². The second-order valence-electron chi connectivity index (χ2n) is 5.98. The molecular formula is C19H15ClN6OS. The number of rotatable bonds is 5. The number of pyridine rings is 1. The Labute approximate surface area is 169 Å². The van der Waals surface area contributed by atoms with Crippen molar-refractivity contribution in [2.45, 2.75) is 5.88 Å². The Morgan fingerprint density at radius 1 is 1.39 bits per heavy atom. The molecule has 1 amide bonds. The van der Waals surface area contributed by atoms with Crippen LogP contribution in [0.2, 0.25) is 0 Å². The average molecular weight is 411 g/mol. The molecule has 3 aromatic heterocycles. The van der Waals surface area contributed by atoms with Crippen LogP contribution in [-0.4, -0.2) is 27.1 Å². The van der Waals surface area contributed by atoms with E-state index in [0.29, 0.717) is 21.9 Å². The van der Waals surface area contributed by atoms with E-state index in [0.717, 1.165) is 28.4 Å². The summed E-state index contributed by atoms with van der Waals surface area (Å²) >= 11 is 7.08. The van der Waals surface area contributed by atoms with Gasteiger partial charge in [0.25, 0.3) is 5.91 Å². The first-order valence-electron chi connectivity index (χ1n) is 8.29. The maximum Gasteiger partial charge on any atom is 0.275 e. The molecule has 7 nitrogen and oxygen atoms in total. The van der Waals surface area contributed by atoms with Gasteiger partial charge >= 0.3 is 0 Å². The number of nitrogens with one attached hydrogen (secondary N) is 3. The van der Waals surface area contributed by atoms with Gasteiger partial charge in [-0.15, -0.1) is 22.9 Å². The summed E-state index contributed by atoms with van der Waals surface area (Å²) in [6.07, 6.45) is 4.64. The van der Waals surface area contributed by atoms with Crippen LogP contribution in [0.3, 0.4) is 0 Å². The number of nitrogen functional groups attached to an aromatic ring is 1. The fourth-order valence-corrected chi connectivity index (χ4v) is 3.84. The van der Waals surface area contributed by atoms with Crippen LogP contribution in [0.5, 0.6) is 0 Å². The lowest BCUT2D eigenvalue weighted by molar-refractivity contribution is 0.102. The van der Waals surface area contributed by atoms with Crippen LogP contribution in [0.25, 0.3) is 22.2 Å². The molecule has 28 heavy (non-hydrogen) atoms. The van der Waals surface area contributed by atoms with Gasteiger partial charge in [0, 0.05) is 40.6 Å². The molecule has 0 saturated heterocycles. The first-order chi connectivity index (χ1) is 13.6. The number of hydrogen-bond donors (Lipinski definition) is 4. The zero-order valence-corrected chi connectivity index (χ0v) is 16.1. The van der Waals surface area contributed by atoms with Crippen molar-refractivity contribution in [2.24, 2.45) is 0 Å². The average Bonchev–Trinajstić information content (AvgIpc) is 3.36. The van der Waals surface area contributed by atoms with Gasteiger partial charge in [-0.1, -0.05) is 0 Å². The zero-order chi connectivity index (χ0) is 19.7. The molecular weight excluding hydrogens is 396 g/mol. The van der Waals surface area contributed by atoms with Gasteiger partial charge in [-0.05, 0) is 35.4 Å². The lowest BCUT2D eigenvalue weighted by Gasteiger charge is -2.13. The van der Waals surface area contributed by atoms with Gasteiger partial charge in [0.15, 0.2) is 0 Å². The molecule has 4 aromatic rings. The number of hydrogen-bond acceptors (Lipinski definition) is 6. The number of aromatic nitrogens is 3. The number of H-pyrrole nitrogens is 1. The third kappa shape index (κ3) is 3.23. The summed E-state index contributed by atoms with van der Waals surface area (Å²) in [4.78, 5) is 24.2. The summed E-state index contributed by atoms with van der Waals surface area (Å²) in [7, 11) is 0. The van der Waals surface area contributed by atoms with E-state index in [9.17, 15) is 4.79 Å². The van der Waals surface area contributed by atoms with Gasteiger partial charge in [0.1, 0.15) is 16.3 Å². The minimum absolute atomic E-state index is 0.251. The predicted octanol–water partition coefficient (Wildman–Crippen LogP) is 4.26. The fourth-order valence-electron chi connectivity index (χ4n) is 2.97. The van der Waals surface area contributed by atoms with E-state index in [1.807, 2.05) is 18.3 Å². The zero-order valence-electron chi connectivity index (χ0n) is 14.5. The van der Waals surface area contributed by atoms with Crippen LogP contribution in [0.4, 0.5) is 11.4 Å². The molecule has 0 bridgehead atoms. The van der Waals surface area contributed by atoms with Crippen molar-refractivity contribution in [3.63, 3.8) is 0 Å². The van der Waals surface area contributed by atoms with Gasteiger partial charge in [-0.2, -0.15) is 0 Å². The number of carbonyl (C=O) groups excluding carboxylic acids is 1. The quantitative estimate of drug-likeness (QED) is 0.223. The Morgan fingerprint density at radius 2 is 2.25 bits per heavy atom. The lowest BCUT2D eigenvalue weighted by Crippen LogP contribution is -2.14. The van der Waals surface area contributed by atoms with Crippen molar-refractivity contribution >= 4 is 57.5 Å². The lowest BCUT2D eigenvalue weighted by atomic mass is 9.99. The molecule has 0 saturated carbocycles. The van der Waals surface area contributed by atoms with Gasteiger partial charge in [0.05, 0.1) is 11.6 Å². The van der Waals surface area contributed by atoms with Crippen LogP contribution in [0.1, 0.15) is 21.1 Å². The second kappa shape index (κ2) is 7.41. The molecule has 140 valence electrons. The minimum Gasteiger partial charge on any atom is -0.398 e. The second-order valence-corrected chi connectivity index (χ2v) is 7.19. The number of fused-ring (bicyclic) bond motifs is 1. The van der Waals surface area contributed by atoms with Crippen LogP contribution in [-0.2, 0) is 5.88 Å². The highest BCUT2D eigenvalue weighted by Gasteiger charge is 2.16. The summed E-state index contributed by atoms with van der Waals surface area (Å²) in [5, 5.41) is 13.8. The SMILES string of the molecule is N=Cc1c(N)cc(-c2ccnc3[nH]ccc23)cc1NC(=O)c1csc(CCl)n1. The van der Waals surface area contributed by atoms with Crippen molar-refractivity contribution in [3.05, 3.63) is 58.3 Å². The van der Waals surface area contributed by atoms with E-state index >= 15 is 0 Å². The van der Waals surface area contributed by atoms with Crippen LogP contribution in [0, 0.1) is 5.41 Å². The highest BCUT2D eigenvalue weighted by atomic mass is 35.5. The molecule has 0 spiro atoms. The molecule has 5 N–H and O–H groups in total. The molecule has 0 aliphatic carbocycles. The molecule has 0 radical (unpaired) electrons. The molecule has 3 heterocycles. The molecule has 4 rings (SSSR count). The number of alkyl halides is 1. The van der Waals surface area contributed by atoms with E-state index in [1.54, 1.807) is 23.7 Å². The van der Waals surface area contributed by atoms with Crippen molar-refractivity contribution in [2.75, 3.05) is 11.1 Å². The third-order valence-corrected chi connectivity index (χ3v) is 5.53. The van der Waals surface area contributed by atoms with Gasteiger partial charge in [0.2, 0.25) is 0 Å². The van der Waals surface area contributed by atoms with E-state index in [2.05, 4.69) is 20.3 Å². The molecule has 0 unspecified atom stereocenters. The maximum absolute atomic E-state index is 12.6. The Kier molecular flexibility index (Phi) is 4.81. The summed E-state index contributed by atoms with van der Waals surface area (Å²) in [6.45, 7) is 0. The van der Waals surface area contributed by atoms with Crippen LogP contribution in [0.15, 0.2) is 42.0 Å². The Hall–Kier alpha value is -3.23. The van der Waals surface area contributed by atoms with Crippen LogP contribution >= 0.6 is 22.9 Å². The van der Waals surface area contributed by atoms with Gasteiger partial charge in [-0.25, -0.2) is 9.97 Å². The third-order valence-electron chi connectivity index (χ3n) is 4.27. The summed E-state index contributed by atoms with van der Waals surface area (Å²) in [5.41, 5.74) is 10.2. The maximum atomic E-state index is 12.6. The number of nitrogens with zero attached hydrogens (tertiary/aromatic N) is 2. The van der Waals surface area contributed by atoms with E-state index in [1.165, 1.54) is 11.3 Å². The normalized spacial score (nSPS) is 10.9. The molecule has 0 atom stereocenters. The Morgan fingerprint density at radius 3 is 3.00 bits per heavy atom. The number of nitrogens with two attached hydrogens (primary N) is 1. The van der Waals surface area contributed by atoms with E-state index in [-0.39, 0.29) is 17.5 Å². The number of carbonyl (C=O) groups is 1. The monoisotopic (exact) mass is 410 g/mol. The highest BCUT2D eigenvalue weighted by molar-refractivity contribution is 7.10. The number of anilines is 2. The first-order valence-corrected chi connectivity index (χ1v) is 9.70. The van der Waals surface area contributed by atoms with E-state index in [4.69, 9.17) is 22.7 Å². The van der Waals surface area contributed by atoms with Crippen LogP contribution < -0.4 is 11.1 Å². The number of aromatic amines is 1. The van der Waals surface area contributed by atoms with Gasteiger partial charge < -0.3 is 21.4 Å². The predicted molar refractivity (Wildman–Crippen MR) is 113 cm³/mol. The Balaban J connectivity index is 1.77. The topological polar surface area (TPSA) is 121 Å². The first kappa shape index (κ1) is 18.1. The minimum atomic E-state index is -0.381. The van der Waals surface area contributed by atoms with E-state index < -0.39 is 0 Å². The smallest absolute Gasteiger partial charge is 0.275 e. The summed E-state index contributed by atoms with van der Waals surface area (Å²) in [6, 6.07) is 7.39. The van der Waals surface area contributed by atoms with Crippen molar-refractivity contribution in [3.8, 4) is 11.1 Å². The molecule has 0 aliphatic heterocycles. The van der Waals surface area contributed by atoms with Crippen molar-refractivity contribution in [1.82, 2.24) is 15.0 Å². The molecule has 9 heteroatoms.